The van der Waals surface area contributed by atoms with Crippen molar-refractivity contribution in [2.75, 3.05) is 11.9 Å². The first-order valence-corrected chi connectivity index (χ1v) is 7.89. The van der Waals surface area contributed by atoms with E-state index < -0.39 is 5.91 Å². The van der Waals surface area contributed by atoms with Crippen molar-refractivity contribution in [2.24, 2.45) is 0 Å². The molecule has 0 aromatic heterocycles. The number of phenols is 1. The van der Waals surface area contributed by atoms with Gasteiger partial charge in [0.25, 0.3) is 5.91 Å². The Kier molecular flexibility index (Phi) is 4.66. The third-order valence-corrected chi connectivity index (χ3v) is 3.85. The molecule has 3 aromatic carbocycles. The van der Waals surface area contributed by atoms with Gasteiger partial charge in [-0.15, -0.1) is 0 Å². The highest BCUT2D eigenvalue weighted by atomic mass is 16.3. The van der Waals surface area contributed by atoms with E-state index in [2.05, 4.69) is 10.6 Å². The molecule has 0 aliphatic carbocycles. The molecule has 126 valence electrons. The van der Waals surface area contributed by atoms with Crippen molar-refractivity contribution in [3.63, 3.8) is 0 Å². The minimum Gasteiger partial charge on any atom is -0.506 e. The Labute approximate surface area is 145 Å². The van der Waals surface area contributed by atoms with Gasteiger partial charge in [0.1, 0.15) is 5.75 Å². The molecule has 3 N–H and O–H groups in total. The maximum Gasteiger partial charge on any atom is 0.251 e. The van der Waals surface area contributed by atoms with Gasteiger partial charge in [-0.3, -0.25) is 9.59 Å². The molecule has 5 heteroatoms. The predicted molar refractivity (Wildman–Crippen MR) is 97.8 cm³/mol. The van der Waals surface area contributed by atoms with E-state index in [-0.39, 0.29) is 18.2 Å². The van der Waals surface area contributed by atoms with Crippen LogP contribution in [0.3, 0.4) is 0 Å². The fraction of sp³-hybridized carbons (Fsp3) is 0.100. The zero-order valence-corrected chi connectivity index (χ0v) is 13.7. The molecule has 0 aliphatic heterocycles. The fourth-order valence-corrected chi connectivity index (χ4v) is 2.53. The Balaban J connectivity index is 1.61. The summed E-state index contributed by atoms with van der Waals surface area (Å²) in [5, 5.41) is 17.0. The number of aromatic hydroxyl groups is 1. The van der Waals surface area contributed by atoms with Crippen LogP contribution >= 0.6 is 0 Å². The van der Waals surface area contributed by atoms with E-state index in [4.69, 9.17) is 0 Å². The molecule has 3 aromatic rings. The average Bonchev–Trinajstić information content (AvgIpc) is 2.61. The lowest BCUT2D eigenvalue weighted by molar-refractivity contribution is -0.115. The van der Waals surface area contributed by atoms with Crippen molar-refractivity contribution in [2.45, 2.75) is 6.92 Å². The zero-order chi connectivity index (χ0) is 17.8. The summed E-state index contributed by atoms with van der Waals surface area (Å²) >= 11 is 0. The SMILES string of the molecule is Cc1ccc(NC(=O)CNC(=O)c2ccc3ccccc3c2)c(O)c1. The smallest absolute Gasteiger partial charge is 0.251 e. The Morgan fingerprint density at radius 1 is 0.960 bits per heavy atom. The van der Waals surface area contributed by atoms with E-state index in [1.54, 1.807) is 30.3 Å². The third kappa shape index (κ3) is 3.95. The molecule has 0 saturated heterocycles. The minimum atomic E-state index is -0.409. The van der Waals surface area contributed by atoms with Gasteiger partial charge in [0, 0.05) is 5.56 Å². The lowest BCUT2D eigenvalue weighted by atomic mass is 10.1. The van der Waals surface area contributed by atoms with Crippen LogP contribution in [0, 0.1) is 6.92 Å². The van der Waals surface area contributed by atoms with E-state index in [9.17, 15) is 14.7 Å². The van der Waals surface area contributed by atoms with E-state index in [0.29, 0.717) is 11.3 Å². The first-order valence-electron chi connectivity index (χ1n) is 7.89. The number of rotatable bonds is 4. The lowest BCUT2D eigenvalue weighted by Crippen LogP contribution is -2.32. The van der Waals surface area contributed by atoms with Crippen LogP contribution in [0.5, 0.6) is 5.75 Å². The van der Waals surface area contributed by atoms with Gasteiger partial charge in [-0.1, -0.05) is 36.4 Å². The topological polar surface area (TPSA) is 78.4 Å². The van der Waals surface area contributed by atoms with Gasteiger partial charge in [-0.25, -0.2) is 0 Å². The van der Waals surface area contributed by atoms with Crippen LogP contribution in [0.15, 0.2) is 60.7 Å². The van der Waals surface area contributed by atoms with Crippen molar-refractivity contribution in [1.29, 1.82) is 0 Å². The monoisotopic (exact) mass is 334 g/mol. The number of benzene rings is 3. The summed E-state index contributed by atoms with van der Waals surface area (Å²) in [6.07, 6.45) is 0. The summed E-state index contributed by atoms with van der Waals surface area (Å²) in [4.78, 5) is 24.2. The Morgan fingerprint density at radius 2 is 1.72 bits per heavy atom. The van der Waals surface area contributed by atoms with E-state index in [1.165, 1.54) is 0 Å². The standard InChI is InChI=1S/C20H18N2O3/c1-13-6-9-17(18(23)10-13)22-19(24)12-21-20(25)16-8-7-14-4-2-3-5-15(14)11-16/h2-11,23H,12H2,1H3,(H,21,25)(H,22,24). The number of amides is 2. The molecule has 0 heterocycles. The summed E-state index contributed by atoms with van der Waals surface area (Å²) in [5.41, 5.74) is 1.69. The number of carbonyl (C=O) groups is 2. The second-order valence-electron chi connectivity index (χ2n) is 5.81. The van der Waals surface area contributed by atoms with Crippen LogP contribution in [0.4, 0.5) is 5.69 Å². The van der Waals surface area contributed by atoms with Crippen LogP contribution in [-0.2, 0) is 4.79 Å². The Hall–Kier alpha value is -3.34. The maximum absolute atomic E-state index is 12.2. The van der Waals surface area contributed by atoms with Crippen molar-refractivity contribution in [3.8, 4) is 5.75 Å². The zero-order valence-electron chi connectivity index (χ0n) is 13.7. The predicted octanol–water partition coefficient (Wildman–Crippen LogP) is 3.22. The van der Waals surface area contributed by atoms with Gasteiger partial charge in [-0.2, -0.15) is 0 Å². The average molecular weight is 334 g/mol. The molecule has 25 heavy (non-hydrogen) atoms. The Bertz CT molecular complexity index is 951. The van der Waals surface area contributed by atoms with Crippen molar-refractivity contribution in [3.05, 3.63) is 71.8 Å². The lowest BCUT2D eigenvalue weighted by Gasteiger charge is -2.09. The van der Waals surface area contributed by atoms with E-state index in [1.807, 2.05) is 37.3 Å². The van der Waals surface area contributed by atoms with E-state index in [0.717, 1.165) is 16.3 Å². The molecular formula is C20H18N2O3. The molecule has 0 aliphatic rings. The maximum atomic E-state index is 12.2. The van der Waals surface area contributed by atoms with E-state index >= 15 is 0 Å². The van der Waals surface area contributed by atoms with Crippen molar-refractivity contribution >= 4 is 28.3 Å². The Morgan fingerprint density at radius 3 is 2.48 bits per heavy atom. The van der Waals surface area contributed by atoms with Gasteiger partial charge >= 0.3 is 0 Å². The number of hydrogen-bond acceptors (Lipinski definition) is 3. The molecule has 3 rings (SSSR count). The van der Waals surface area contributed by atoms with Crippen molar-refractivity contribution in [1.82, 2.24) is 5.32 Å². The number of fused-ring (bicyclic) bond motifs is 1. The van der Waals surface area contributed by atoms with Gasteiger partial charge in [0.15, 0.2) is 0 Å². The third-order valence-electron chi connectivity index (χ3n) is 3.85. The van der Waals surface area contributed by atoms with Crippen LogP contribution in [-0.4, -0.2) is 23.5 Å². The molecule has 0 bridgehead atoms. The van der Waals surface area contributed by atoms with Gasteiger partial charge in [-0.05, 0) is 47.5 Å². The molecule has 0 radical (unpaired) electrons. The first kappa shape index (κ1) is 16.5. The fourth-order valence-electron chi connectivity index (χ4n) is 2.53. The number of phenolic OH excluding ortho intramolecular Hbond substituents is 1. The largest absolute Gasteiger partial charge is 0.506 e. The van der Waals surface area contributed by atoms with Gasteiger partial charge in [0.2, 0.25) is 5.91 Å². The van der Waals surface area contributed by atoms with Gasteiger partial charge in [0.05, 0.1) is 12.2 Å². The molecule has 5 nitrogen and oxygen atoms in total. The van der Waals surface area contributed by atoms with Crippen LogP contribution in [0.2, 0.25) is 0 Å². The molecule has 0 unspecified atom stereocenters. The molecule has 2 amide bonds. The first-order chi connectivity index (χ1) is 12.0. The second kappa shape index (κ2) is 7.05. The number of nitrogens with one attached hydrogen (secondary N) is 2. The summed E-state index contributed by atoms with van der Waals surface area (Å²) in [5.74, 6) is -0.739. The second-order valence-corrected chi connectivity index (χ2v) is 5.81. The normalized spacial score (nSPS) is 10.4. The van der Waals surface area contributed by atoms with Crippen molar-refractivity contribution < 1.29 is 14.7 Å². The molecule has 0 atom stereocenters. The quantitative estimate of drug-likeness (QED) is 0.641. The summed E-state index contributed by atoms with van der Waals surface area (Å²) < 4.78 is 0. The molecular weight excluding hydrogens is 316 g/mol. The number of anilines is 1. The summed E-state index contributed by atoms with van der Waals surface area (Å²) in [6.45, 7) is 1.66. The minimum absolute atomic E-state index is 0.00537. The van der Waals surface area contributed by atoms with Crippen LogP contribution < -0.4 is 10.6 Å². The summed E-state index contributed by atoms with van der Waals surface area (Å²) in [7, 11) is 0. The molecule has 0 spiro atoms. The molecule has 0 fully saturated rings. The van der Waals surface area contributed by atoms with Crippen LogP contribution in [0.25, 0.3) is 10.8 Å². The highest BCUT2D eigenvalue weighted by Crippen LogP contribution is 2.23. The van der Waals surface area contributed by atoms with Crippen LogP contribution in [0.1, 0.15) is 15.9 Å². The number of hydrogen-bond donors (Lipinski definition) is 3. The molecule has 0 saturated carbocycles. The highest BCUT2D eigenvalue weighted by Gasteiger charge is 2.10. The van der Waals surface area contributed by atoms with Gasteiger partial charge < -0.3 is 15.7 Å². The highest BCUT2D eigenvalue weighted by molar-refractivity contribution is 6.01. The number of aryl methyl sites for hydroxylation is 1. The number of carbonyl (C=O) groups excluding carboxylic acids is 2. The summed E-state index contributed by atoms with van der Waals surface area (Å²) in [6, 6.07) is 18.1.